The standard InChI is InChI=1S/C3H8O6SSi/c1-2(4)8-3(9-11)10(5,6)7/h3H,1,11H3,(H,5,6,7). The van der Waals surface area contributed by atoms with Crippen molar-refractivity contribution in [3.8, 4) is 0 Å². The van der Waals surface area contributed by atoms with Crippen LogP contribution in [0.25, 0.3) is 0 Å². The van der Waals surface area contributed by atoms with Gasteiger partial charge in [0, 0.05) is 6.92 Å². The quantitative estimate of drug-likeness (QED) is 0.246. The Morgan fingerprint density at radius 3 is 2.18 bits per heavy atom. The van der Waals surface area contributed by atoms with Gasteiger partial charge in [0.15, 0.2) is 10.5 Å². The number of carbonyl (C=O) groups excluding carboxylic acids is 1. The molecular formula is C3H8O6SSi. The first kappa shape index (κ1) is 10.6. The molecule has 11 heavy (non-hydrogen) atoms. The Balaban J connectivity index is 4.31. The molecule has 6 nitrogen and oxygen atoms in total. The van der Waals surface area contributed by atoms with E-state index in [1.54, 1.807) is 0 Å². The fraction of sp³-hybridized carbons (Fsp3) is 0.667. The molecule has 0 heterocycles. The van der Waals surface area contributed by atoms with Gasteiger partial charge in [0.1, 0.15) is 0 Å². The predicted molar refractivity (Wildman–Crippen MR) is 38.1 cm³/mol. The molecule has 0 saturated carbocycles. The average molecular weight is 200 g/mol. The Hall–Kier alpha value is -0.443. The summed E-state index contributed by atoms with van der Waals surface area (Å²) in [6.45, 7) is 1.01. The minimum Gasteiger partial charge on any atom is -0.419 e. The van der Waals surface area contributed by atoms with E-state index < -0.39 is 21.7 Å². The van der Waals surface area contributed by atoms with E-state index in [1.165, 1.54) is 0 Å². The number of esters is 1. The van der Waals surface area contributed by atoms with Crippen LogP contribution in [0.3, 0.4) is 0 Å². The molecule has 0 radical (unpaired) electrons. The predicted octanol–water partition coefficient (Wildman–Crippen LogP) is -1.98. The van der Waals surface area contributed by atoms with Crippen LogP contribution in [0.1, 0.15) is 6.92 Å². The topological polar surface area (TPSA) is 89.9 Å². The van der Waals surface area contributed by atoms with Gasteiger partial charge in [0.25, 0.3) is 0 Å². The third-order valence-electron chi connectivity index (χ3n) is 0.698. The number of rotatable bonds is 3. The largest absolute Gasteiger partial charge is 0.419 e. The van der Waals surface area contributed by atoms with Gasteiger partial charge in [-0.25, -0.2) is 0 Å². The minimum atomic E-state index is -4.44. The molecule has 0 bridgehead atoms. The van der Waals surface area contributed by atoms with E-state index >= 15 is 0 Å². The van der Waals surface area contributed by atoms with E-state index in [0.29, 0.717) is 0 Å². The molecule has 8 heteroatoms. The summed E-state index contributed by atoms with van der Waals surface area (Å²) in [5, 5.41) is 0. The molecule has 1 N–H and O–H groups in total. The zero-order chi connectivity index (χ0) is 9.07. The van der Waals surface area contributed by atoms with Gasteiger partial charge in [0.2, 0.25) is 0 Å². The molecule has 0 aliphatic heterocycles. The van der Waals surface area contributed by atoms with Crippen LogP contribution in [0.5, 0.6) is 0 Å². The molecule has 0 saturated heterocycles. The lowest BCUT2D eigenvalue weighted by molar-refractivity contribution is -0.151. The zero-order valence-electron chi connectivity index (χ0n) is 5.97. The highest BCUT2D eigenvalue weighted by Gasteiger charge is 2.24. The second-order valence-electron chi connectivity index (χ2n) is 1.65. The van der Waals surface area contributed by atoms with Crippen molar-refractivity contribution in [2.75, 3.05) is 0 Å². The molecule has 0 aromatic heterocycles. The van der Waals surface area contributed by atoms with Crippen LogP contribution < -0.4 is 0 Å². The summed E-state index contributed by atoms with van der Waals surface area (Å²) in [7, 11) is -4.40. The summed E-state index contributed by atoms with van der Waals surface area (Å²) in [6, 6.07) is 0. The molecule has 1 unspecified atom stereocenters. The third-order valence-corrected chi connectivity index (χ3v) is 2.24. The lowest BCUT2D eigenvalue weighted by Crippen LogP contribution is -2.28. The second kappa shape index (κ2) is 3.81. The number of ether oxygens (including phenoxy) is 1. The van der Waals surface area contributed by atoms with Crippen molar-refractivity contribution in [3.63, 3.8) is 0 Å². The van der Waals surface area contributed by atoms with Crippen LogP contribution >= 0.6 is 0 Å². The number of hydrogen-bond acceptors (Lipinski definition) is 5. The Bertz CT molecular complexity index is 232. The van der Waals surface area contributed by atoms with E-state index in [-0.39, 0.29) is 10.5 Å². The molecular weight excluding hydrogens is 192 g/mol. The van der Waals surface area contributed by atoms with E-state index in [1.807, 2.05) is 0 Å². The lowest BCUT2D eigenvalue weighted by Gasteiger charge is -2.11. The Morgan fingerprint density at radius 2 is 2.09 bits per heavy atom. The first-order chi connectivity index (χ1) is 4.88. The van der Waals surface area contributed by atoms with Gasteiger partial charge < -0.3 is 9.16 Å². The molecule has 1 atom stereocenters. The highest BCUT2D eigenvalue weighted by atomic mass is 32.2. The van der Waals surface area contributed by atoms with Gasteiger partial charge in [-0.15, -0.1) is 0 Å². The summed E-state index contributed by atoms with van der Waals surface area (Å²) < 4.78 is 37.2. The molecule has 0 rings (SSSR count). The Labute approximate surface area is 66.8 Å². The number of hydrogen-bond donors (Lipinski definition) is 1. The van der Waals surface area contributed by atoms with Crippen molar-refractivity contribution in [3.05, 3.63) is 0 Å². The highest BCUT2D eigenvalue weighted by molar-refractivity contribution is 7.86. The third kappa shape index (κ3) is 4.09. The van der Waals surface area contributed by atoms with Crippen molar-refractivity contribution in [2.24, 2.45) is 0 Å². The summed E-state index contributed by atoms with van der Waals surface area (Å²) in [5.41, 5.74) is -1.87. The Morgan fingerprint density at radius 1 is 1.64 bits per heavy atom. The van der Waals surface area contributed by atoms with E-state index in [2.05, 4.69) is 9.16 Å². The monoisotopic (exact) mass is 200 g/mol. The van der Waals surface area contributed by atoms with Crippen molar-refractivity contribution >= 4 is 26.6 Å². The minimum absolute atomic E-state index is 0.0421. The van der Waals surface area contributed by atoms with Crippen molar-refractivity contribution in [2.45, 2.75) is 12.5 Å². The van der Waals surface area contributed by atoms with Crippen LogP contribution in [0.2, 0.25) is 0 Å². The summed E-state index contributed by atoms with van der Waals surface area (Å²) in [6.07, 6.45) is 0. The first-order valence-electron chi connectivity index (χ1n) is 2.54. The summed E-state index contributed by atoms with van der Waals surface area (Å²) in [4.78, 5) is 10.2. The average Bonchev–Trinajstić information content (AvgIpc) is 1.79. The van der Waals surface area contributed by atoms with E-state index in [4.69, 9.17) is 4.55 Å². The van der Waals surface area contributed by atoms with Gasteiger partial charge >= 0.3 is 21.7 Å². The number of carbonyl (C=O) groups is 1. The first-order valence-corrected chi connectivity index (χ1v) is 4.86. The SMILES string of the molecule is CC(=O)OC(O[SiH3])S(=O)(=O)O. The van der Waals surface area contributed by atoms with Crippen LogP contribution in [0.15, 0.2) is 0 Å². The smallest absolute Gasteiger partial charge is 0.329 e. The van der Waals surface area contributed by atoms with E-state index in [0.717, 1.165) is 6.92 Å². The van der Waals surface area contributed by atoms with Crippen molar-refractivity contribution < 1.29 is 26.9 Å². The summed E-state index contributed by atoms with van der Waals surface area (Å²) in [5.74, 6) is -0.830. The lowest BCUT2D eigenvalue weighted by atomic mass is 10.8. The fourth-order valence-electron chi connectivity index (χ4n) is 0.366. The van der Waals surface area contributed by atoms with Crippen LogP contribution in [-0.4, -0.2) is 35.0 Å². The van der Waals surface area contributed by atoms with Gasteiger partial charge in [-0.2, -0.15) is 8.42 Å². The fourth-order valence-corrected chi connectivity index (χ4v) is 1.69. The maximum absolute atomic E-state index is 10.3. The Kier molecular flexibility index (Phi) is 3.65. The zero-order valence-corrected chi connectivity index (χ0v) is 8.79. The van der Waals surface area contributed by atoms with Gasteiger partial charge in [-0.3, -0.25) is 9.35 Å². The molecule has 0 aromatic carbocycles. The van der Waals surface area contributed by atoms with Crippen molar-refractivity contribution in [1.82, 2.24) is 0 Å². The molecule has 0 amide bonds. The van der Waals surface area contributed by atoms with Crippen molar-refractivity contribution in [1.29, 1.82) is 0 Å². The molecule has 0 fully saturated rings. The van der Waals surface area contributed by atoms with Crippen LogP contribution in [-0.2, 0) is 24.1 Å². The summed E-state index contributed by atoms with van der Waals surface area (Å²) >= 11 is 0. The van der Waals surface area contributed by atoms with Gasteiger partial charge in [0.05, 0.1) is 0 Å². The second-order valence-corrected chi connectivity index (χ2v) is 3.54. The molecule has 0 aliphatic carbocycles. The molecule has 66 valence electrons. The van der Waals surface area contributed by atoms with Crippen LogP contribution in [0, 0.1) is 0 Å². The normalized spacial score (nSPS) is 14.4. The molecule has 0 aromatic rings. The van der Waals surface area contributed by atoms with Gasteiger partial charge in [-0.05, 0) is 0 Å². The maximum Gasteiger partial charge on any atom is 0.329 e. The van der Waals surface area contributed by atoms with Crippen LogP contribution in [0.4, 0.5) is 0 Å². The molecule has 0 spiro atoms. The highest BCUT2D eigenvalue weighted by Crippen LogP contribution is 2.00. The molecule has 0 aliphatic rings. The van der Waals surface area contributed by atoms with Gasteiger partial charge in [-0.1, -0.05) is 0 Å². The van der Waals surface area contributed by atoms with E-state index in [9.17, 15) is 13.2 Å². The maximum atomic E-state index is 10.3.